The first-order valence-electron chi connectivity index (χ1n) is 25.0. The molecule has 0 unspecified atom stereocenters. The molecule has 22 heteroatoms. The van der Waals surface area contributed by atoms with E-state index in [1.54, 1.807) is 80.6 Å². The van der Waals surface area contributed by atoms with Crippen LogP contribution in [0.2, 0.25) is 0 Å². The van der Waals surface area contributed by atoms with Gasteiger partial charge in [-0.2, -0.15) is 0 Å². The van der Waals surface area contributed by atoms with E-state index >= 15 is 0 Å². The number of hydrogen-bond acceptors (Lipinski definition) is 14. The molecule has 4 aromatic rings. The molecule has 1 saturated heterocycles. The summed E-state index contributed by atoms with van der Waals surface area (Å²) in [6, 6.07) is 20.6. The van der Waals surface area contributed by atoms with Crippen LogP contribution in [0.1, 0.15) is 62.3 Å². The van der Waals surface area contributed by atoms with E-state index in [4.69, 9.17) is 16.2 Å². The number of amides is 7. The van der Waals surface area contributed by atoms with Crippen molar-refractivity contribution >= 4 is 68.9 Å². The zero-order valence-electron chi connectivity index (χ0n) is 42.7. The van der Waals surface area contributed by atoms with Crippen molar-refractivity contribution in [1.29, 1.82) is 0 Å². The molecule has 8 atom stereocenters. The molecule has 76 heavy (non-hydrogen) atoms. The van der Waals surface area contributed by atoms with Gasteiger partial charge in [0.05, 0.1) is 6.04 Å². The molecule has 0 aliphatic carbocycles. The van der Waals surface area contributed by atoms with Gasteiger partial charge in [0.1, 0.15) is 60.4 Å². The highest BCUT2D eigenvalue weighted by molar-refractivity contribution is 8.76. The van der Waals surface area contributed by atoms with Gasteiger partial charge in [0, 0.05) is 30.8 Å². The first kappa shape index (κ1) is 59.7. The number of phenols is 1. The van der Waals surface area contributed by atoms with E-state index in [1.165, 1.54) is 19.1 Å². The van der Waals surface area contributed by atoms with Crippen LogP contribution in [-0.4, -0.2) is 124 Å². The van der Waals surface area contributed by atoms with Gasteiger partial charge in [-0.1, -0.05) is 120 Å². The largest absolute Gasteiger partial charge is 0.508 e. The quantitative estimate of drug-likeness (QED) is 0.0473. The van der Waals surface area contributed by atoms with Crippen molar-refractivity contribution in [3.05, 3.63) is 131 Å². The number of carbonyl (C=O) groups excluding carboxylic acids is 7. The number of benzene rings is 4. The summed E-state index contributed by atoms with van der Waals surface area (Å²) in [5.74, 6) is -7.25. The van der Waals surface area contributed by atoms with Crippen molar-refractivity contribution < 1.29 is 53.3 Å². The number of ether oxygens (including phenoxy) is 1. The van der Waals surface area contributed by atoms with Gasteiger partial charge >= 0.3 is 5.97 Å². The second-order valence-electron chi connectivity index (χ2n) is 18.8. The molecule has 20 nitrogen and oxygen atoms in total. The van der Waals surface area contributed by atoms with Crippen LogP contribution in [0.4, 0.5) is 0 Å². The highest BCUT2D eigenvalue weighted by atomic mass is 33.1. The highest BCUT2D eigenvalue weighted by Crippen LogP contribution is 2.24. The average molecular weight is 1080 g/mol. The third-order valence-corrected chi connectivity index (χ3v) is 14.6. The number of phenolic OH excluding ortho intramolecular Hbond substituents is 1. The van der Waals surface area contributed by atoms with Crippen molar-refractivity contribution in [1.82, 2.24) is 37.2 Å². The number of carbonyl (C=O) groups is 8. The Morgan fingerprint density at radius 3 is 1.63 bits per heavy atom. The number of aliphatic carboxylic acids is 1. The Hall–Kier alpha value is -7.14. The summed E-state index contributed by atoms with van der Waals surface area (Å²) in [6.07, 6.45) is 0.547. The van der Waals surface area contributed by atoms with Gasteiger partial charge < -0.3 is 63.6 Å². The Kier molecular flexibility index (Phi) is 23.9. The van der Waals surface area contributed by atoms with E-state index in [1.807, 2.05) is 30.3 Å². The molecule has 0 radical (unpaired) electrons. The molecule has 4 aromatic carbocycles. The molecule has 1 aliphatic heterocycles. The first-order valence-corrected chi connectivity index (χ1v) is 27.5. The molecule has 0 spiro atoms. The molecule has 0 aromatic heterocycles. The van der Waals surface area contributed by atoms with E-state index in [0.717, 1.165) is 27.2 Å². The SMILES string of the molecule is CC(C)[C@H](NC(=O)[C@@H]1CSSC[C@H](NC(=O)[C@H](C)N)C(=O)N[C@@H](Cc2ccccc2)C(=O)N[C@@H](Cc2ccc(OCc3ccccc3)cc2)C(=O)N[C@@H](CCCCN)C(=O)N[C@@H](Cc2ccc(O)cc2)C(=O)N1)C(=O)O. The van der Waals surface area contributed by atoms with Crippen LogP contribution < -0.4 is 53.4 Å². The maximum atomic E-state index is 14.8. The molecule has 7 amide bonds. The number of nitrogens with one attached hydrogen (secondary N) is 7. The first-order chi connectivity index (χ1) is 36.4. The van der Waals surface area contributed by atoms with Crippen LogP contribution in [-0.2, 0) is 64.2 Å². The van der Waals surface area contributed by atoms with Gasteiger partial charge in [0.15, 0.2) is 0 Å². The summed E-state index contributed by atoms with van der Waals surface area (Å²) >= 11 is 0. The van der Waals surface area contributed by atoms with E-state index < -0.39 is 102 Å². The van der Waals surface area contributed by atoms with Gasteiger partial charge in [0.2, 0.25) is 41.4 Å². The van der Waals surface area contributed by atoms with Gasteiger partial charge in [0.25, 0.3) is 0 Å². The lowest BCUT2D eigenvalue weighted by molar-refractivity contribution is -0.143. The topological polar surface area (TPSA) is 322 Å². The molecule has 1 fully saturated rings. The van der Waals surface area contributed by atoms with Gasteiger partial charge in [-0.05, 0) is 85.2 Å². The smallest absolute Gasteiger partial charge is 0.326 e. The van der Waals surface area contributed by atoms with Crippen LogP contribution in [0, 0.1) is 5.92 Å². The lowest BCUT2D eigenvalue weighted by Gasteiger charge is -2.29. The Morgan fingerprint density at radius 1 is 0.632 bits per heavy atom. The Labute approximate surface area is 450 Å². The summed E-state index contributed by atoms with van der Waals surface area (Å²) in [5.41, 5.74) is 14.5. The van der Waals surface area contributed by atoms with Crippen LogP contribution in [0.15, 0.2) is 109 Å². The summed E-state index contributed by atoms with van der Waals surface area (Å²) < 4.78 is 5.99. The number of carboxylic acids is 1. The molecule has 0 saturated carbocycles. The molecular formula is C54H69N9O11S2. The molecule has 0 bridgehead atoms. The number of unbranched alkanes of at least 4 members (excludes halogenated alkanes) is 1. The third-order valence-electron chi connectivity index (χ3n) is 12.2. The second kappa shape index (κ2) is 30.4. The van der Waals surface area contributed by atoms with Crippen molar-refractivity contribution in [3.8, 4) is 11.5 Å². The van der Waals surface area contributed by atoms with Crippen molar-refractivity contribution in [2.75, 3.05) is 18.1 Å². The minimum atomic E-state index is -1.43. The minimum absolute atomic E-state index is 0.0440. The second-order valence-corrected chi connectivity index (χ2v) is 21.3. The number of nitrogens with two attached hydrogens (primary N) is 2. The van der Waals surface area contributed by atoms with Crippen molar-refractivity contribution in [3.63, 3.8) is 0 Å². The van der Waals surface area contributed by atoms with Gasteiger partial charge in [-0.25, -0.2) is 4.79 Å². The Morgan fingerprint density at radius 2 is 1.11 bits per heavy atom. The number of carboxylic acid groups (broad SMARTS) is 1. The molecule has 408 valence electrons. The normalized spacial score (nSPS) is 21.1. The fourth-order valence-corrected chi connectivity index (χ4v) is 10.2. The van der Waals surface area contributed by atoms with Crippen LogP contribution in [0.5, 0.6) is 11.5 Å². The number of aromatic hydroxyl groups is 1. The van der Waals surface area contributed by atoms with Gasteiger partial charge in [-0.15, -0.1) is 0 Å². The van der Waals surface area contributed by atoms with E-state index in [-0.39, 0.29) is 49.5 Å². The Bertz CT molecular complexity index is 2560. The summed E-state index contributed by atoms with van der Waals surface area (Å²) in [6.45, 7) is 5.19. The maximum Gasteiger partial charge on any atom is 0.326 e. The maximum absolute atomic E-state index is 14.8. The van der Waals surface area contributed by atoms with E-state index in [9.17, 15) is 48.6 Å². The third kappa shape index (κ3) is 19.5. The van der Waals surface area contributed by atoms with Crippen molar-refractivity contribution in [2.45, 2.75) is 114 Å². The zero-order chi connectivity index (χ0) is 55.1. The number of hydrogen-bond donors (Lipinski definition) is 11. The molecule has 1 aliphatic rings. The van der Waals surface area contributed by atoms with E-state index in [0.29, 0.717) is 41.9 Å². The average Bonchev–Trinajstić information content (AvgIpc) is 3.39. The summed E-state index contributed by atoms with van der Waals surface area (Å²) in [5, 5.41) is 39.0. The van der Waals surface area contributed by atoms with Crippen molar-refractivity contribution in [2.24, 2.45) is 17.4 Å². The lowest BCUT2D eigenvalue weighted by atomic mass is 10.0. The predicted molar refractivity (Wildman–Crippen MR) is 290 cm³/mol. The van der Waals surface area contributed by atoms with Crippen LogP contribution in [0.3, 0.4) is 0 Å². The summed E-state index contributed by atoms with van der Waals surface area (Å²) in [7, 11) is 2.06. The Balaban J connectivity index is 1.58. The lowest BCUT2D eigenvalue weighted by Crippen LogP contribution is -2.61. The van der Waals surface area contributed by atoms with Crippen LogP contribution >= 0.6 is 21.6 Å². The zero-order valence-corrected chi connectivity index (χ0v) is 44.3. The van der Waals surface area contributed by atoms with Gasteiger partial charge in [-0.3, -0.25) is 33.6 Å². The molecule has 1 heterocycles. The number of rotatable bonds is 19. The molecule has 5 rings (SSSR count). The standard InChI is InChI=1S/C54H69N9O11S2/c1-32(2)46(54(72)73)63-53(71)45-31-76-75-30-44(61-47(65)33(3)56)52(70)60-41(26-34-12-6-4-7-13-34)50(68)59-42(28-36-19-23-39(24-20-36)74-29-37-14-8-5-9-15-37)49(67)57-40(16-10-11-25-55)48(66)58-43(51(69)62-45)27-35-17-21-38(64)22-18-35/h4-9,12-15,17-24,32-33,40-46,64H,10-11,16,25-31,55-56H2,1-3H3,(H,57,67)(H,58,66)(H,59,68)(H,60,70)(H,61,65)(H,62,69)(H,63,71)(H,72,73)/t33-,40-,41-,42-,43-,44-,45-,46-/m0/s1. The van der Waals surface area contributed by atoms with Crippen LogP contribution in [0.25, 0.3) is 0 Å². The predicted octanol–water partition coefficient (Wildman–Crippen LogP) is 2.00. The van der Waals surface area contributed by atoms with E-state index in [2.05, 4.69) is 37.2 Å². The molecular weight excluding hydrogens is 1010 g/mol. The fraction of sp³-hybridized carbons (Fsp3) is 0.407. The fourth-order valence-electron chi connectivity index (χ4n) is 7.84. The molecule has 13 N–H and O–H groups in total. The highest BCUT2D eigenvalue weighted by Gasteiger charge is 2.36. The summed E-state index contributed by atoms with van der Waals surface area (Å²) in [4.78, 5) is 112. The monoisotopic (exact) mass is 1080 g/mol. The minimum Gasteiger partial charge on any atom is -0.508 e.